The van der Waals surface area contributed by atoms with Crippen LogP contribution >= 0.6 is 0 Å². The Morgan fingerprint density at radius 2 is 2.36 bits per heavy atom. The molecule has 14 heavy (non-hydrogen) atoms. The van der Waals surface area contributed by atoms with Gasteiger partial charge in [-0.3, -0.25) is 0 Å². The molecule has 2 rings (SSSR count). The zero-order chi connectivity index (χ0) is 10.1. The molecule has 3 atom stereocenters. The van der Waals surface area contributed by atoms with Crippen LogP contribution in [0.1, 0.15) is 44.3 Å². The highest BCUT2D eigenvalue weighted by molar-refractivity contribution is 5.07. The highest BCUT2D eigenvalue weighted by Gasteiger charge is 2.37. The Hall–Kier alpha value is -0.900. The van der Waals surface area contributed by atoms with Crippen LogP contribution in [0.2, 0.25) is 0 Å². The topological polar surface area (TPSA) is 64.9 Å². The Kier molecular flexibility index (Phi) is 2.54. The monoisotopic (exact) mass is 195 g/mol. The van der Waals surface area contributed by atoms with Crippen LogP contribution in [0, 0.1) is 5.92 Å². The van der Waals surface area contributed by atoms with Gasteiger partial charge in [0.1, 0.15) is 0 Å². The number of nitrogens with zero attached hydrogens (tertiary/aromatic N) is 2. The summed E-state index contributed by atoms with van der Waals surface area (Å²) in [5, 5.41) is 3.98. The smallest absolute Gasteiger partial charge is 0.226 e. The van der Waals surface area contributed by atoms with Gasteiger partial charge in [-0.1, -0.05) is 12.1 Å². The van der Waals surface area contributed by atoms with Crippen molar-refractivity contribution in [3.63, 3.8) is 0 Å². The zero-order valence-corrected chi connectivity index (χ0v) is 8.73. The van der Waals surface area contributed by atoms with Crippen LogP contribution in [0.25, 0.3) is 0 Å². The first kappa shape index (κ1) is 9.65. The number of aromatic nitrogens is 2. The Bertz CT molecular complexity index is 308. The second-order valence-electron chi connectivity index (χ2n) is 4.38. The van der Waals surface area contributed by atoms with E-state index in [1.165, 1.54) is 6.42 Å². The van der Waals surface area contributed by atoms with E-state index in [9.17, 15) is 0 Å². The minimum Gasteiger partial charge on any atom is -0.339 e. The lowest BCUT2D eigenvalue weighted by Gasteiger charge is -1.99. The standard InChI is InChI=1S/C10H17N3O/c1-6-5-8(6)10-12-9(14-13-10)4-3-7(2)11/h6-8H,3-5,11H2,1-2H3. The van der Waals surface area contributed by atoms with E-state index in [1.807, 2.05) is 6.92 Å². The Morgan fingerprint density at radius 3 is 2.93 bits per heavy atom. The number of hydrogen-bond acceptors (Lipinski definition) is 4. The van der Waals surface area contributed by atoms with Crippen LogP contribution in [0.3, 0.4) is 0 Å². The fourth-order valence-electron chi connectivity index (χ4n) is 1.55. The first-order chi connectivity index (χ1) is 6.66. The quantitative estimate of drug-likeness (QED) is 0.790. The fraction of sp³-hybridized carbons (Fsp3) is 0.800. The maximum atomic E-state index is 5.65. The van der Waals surface area contributed by atoms with E-state index in [4.69, 9.17) is 10.3 Å². The maximum absolute atomic E-state index is 5.65. The van der Waals surface area contributed by atoms with E-state index in [0.29, 0.717) is 5.92 Å². The molecule has 1 saturated carbocycles. The molecular weight excluding hydrogens is 178 g/mol. The van der Waals surface area contributed by atoms with Gasteiger partial charge in [-0.2, -0.15) is 4.98 Å². The van der Waals surface area contributed by atoms with Crippen LogP contribution < -0.4 is 5.73 Å². The normalized spacial score (nSPS) is 27.6. The van der Waals surface area contributed by atoms with E-state index in [-0.39, 0.29) is 6.04 Å². The molecule has 0 amide bonds. The predicted octanol–water partition coefficient (Wildman–Crippen LogP) is 1.47. The predicted molar refractivity (Wildman–Crippen MR) is 52.8 cm³/mol. The molecule has 1 heterocycles. The molecule has 3 unspecified atom stereocenters. The third kappa shape index (κ3) is 2.12. The van der Waals surface area contributed by atoms with Gasteiger partial charge in [-0.05, 0) is 25.7 Å². The van der Waals surface area contributed by atoms with Gasteiger partial charge in [0, 0.05) is 18.4 Å². The van der Waals surface area contributed by atoms with Crippen molar-refractivity contribution in [2.75, 3.05) is 0 Å². The molecule has 78 valence electrons. The average molecular weight is 195 g/mol. The SMILES string of the molecule is CC(N)CCc1nc(C2CC2C)no1. The van der Waals surface area contributed by atoms with Gasteiger partial charge in [-0.15, -0.1) is 0 Å². The summed E-state index contributed by atoms with van der Waals surface area (Å²) in [7, 11) is 0. The molecular formula is C10H17N3O. The van der Waals surface area contributed by atoms with Crippen LogP contribution in [-0.2, 0) is 6.42 Å². The molecule has 1 aromatic rings. The van der Waals surface area contributed by atoms with Crippen LogP contribution in [-0.4, -0.2) is 16.2 Å². The third-order valence-electron chi connectivity index (χ3n) is 2.74. The minimum absolute atomic E-state index is 0.199. The van der Waals surface area contributed by atoms with E-state index in [0.717, 1.165) is 30.5 Å². The number of aryl methyl sites for hydroxylation is 1. The summed E-state index contributed by atoms with van der Waals surface area (Å²) in [4.78, 5) is 4.36. The molecule has 2 N–H and O–H groups in total. The fourth-order valence-corrected chi connectivity index (χ4v) is 1.55. The lowest BCUT2D eigenvalue weighted by molar-refractivity contribution is 0.367. The van der Waals surface area contributed by atoms with E-state index in [2.05, 4.69) is 17.1 Å². The van der Waals surface area contributed by atoms with Crippen molar-refractivity contribution in [1.29, 1.82) is 0 Å². The molecule has 0 spiro atoms. The summed E-state index contributed by atoms with van der Waals surface area (Å²) in [6.45, 7) is 4.20. The summed E-state index contributed by atoms with van der Waals surface area (Å²) in [5.41, 5.74) is 5.65. The van der Waals surface area contributed by atoms with Crippen molar-refractivity contribution in [1.82, 2.24) is 10.1 Å². The number of hydrogen-bond donors (Lipinski definition) is 1. The summed E-state index contributed by atoms with van der Waals surface area (Å²) in [6.07, 6.45) is 2.90. The first-order valence-corrected chi connectivity index (χ1v) is 5.25. The molecule has 1 aliphatic carbocycles. The van der Waals surface area contributed by atoms with Crippen LogP contribution in [0.4, 0.5) is 0 Å². The van der Waals surface area contributed by atoms with Crippen molar-refractivity contribution in [3.8, 4) is 0 Å². The number of nitrogens with two attached hydrogens (primary N) is 1. The summed E-state index contributed by atoms with van der Waals surface area (Å²) >= 11 is 0. The molecule has 1 aliphatic rings. The first-order valence-electron chi connectivity index (χ1n) is 5.25. The Morgan fingerprint density at radius 1 is 1.64 bits per heavy atom. The van der Waals surface area contributed by atoms with Gasteiger partial charge in [0.15, 0.2) is 5.82 Å². The van der Waals surface area contributed by atoms with E-state index in [1.54, 1.807) is 0 Å². The lowest BCUT2D eigenvalue weighted by atomic mass is 10.2. The highest BCUT2D eigenvalue weighted by atomic mass is 16.5. The van der Waals surface area contributed by atoms with Gasteiger partial charge in [0.2, 0.25) is 5.89 Å². The molecule has 1 aromatic heterocycles. The zero-order valence-electron chi connectivity index (χ0n) is 8.73. The third-order valence-corrected chi connectivity index (χ3v) is 2.74. The average Bonchev–Trinajstić information content (AvgIpc) is 2.68. The summed E-state index contributed by atoms with van der Waals surface area (Å²) in [5.74, 6) is 2.89. The molecule has 0 radical (unpaired) electrons. The van der Waals surface area contributed by atoms with Crippen molar-refractivity contribution in [2.45, 2.75) is 45.1 Å². The second-order valence-corrected chi connectivity index (χ2v) is 4.38. The summed E-state index contributed by atoms with van der Waals surface area (Å²) < 4.78 is 5.15. The van der Waals surface area contributed by atoms with Crippen molar-refractivity contribution in [3.05, 3.63) is 11.7 Å². The van der Waals surface area contributed by atoms with Crippen LogP contribution in [0.15, 0.2) is 4.52 Å². The molecule has 1 fully saturated rings. The molecule has 0 aromatic carbocycles. The molecule has 4 heteroatoms. The molecule has 0 aliphatic heterocycles. The second kappa shape index (κ2) is 3.69. The number of rotatable bonds is 4. The molecule has 4 nitrogen and oxygen atoms in total. The van der Waals surface area contributed by atoms with Gasteiger partial charge in [0.25, 0.3) is 0 Å². The van der Waals surface area contributed by atoms with Crippen LogP contribution in [0.5, 0.6) is 0 Å². The Balaban J connectivity index is 1.90. The van der Waals surface area contributed by atoms with Crippen molar-refractivity contribution in [2.24, 2.45) is 11.7 Å². The largest absolute Gasteiger partial charge is 0.339 e. The maximum Gasteiger partial charge on any atom is 0.226 e. The van der Waals surface area contributed by atoms with Gasteiger partial charge in [-0.25, -0.2) is 0 Å². The highest BCUT2D eigenvalue weighted by Crippen LogP contribution is 2.45. The van der Waals surface area contributed by atoms with Crippen molar-refractivity contribution < 1.29 is 4.52 Å². The van der Waals surface area contributed by atoms with Gasteiger partial charge in [0.05, 0.1) is 0 Å². The molecule has 0 saturated heterocycles. The van der Waals surface area contributed by atoms with Gasteiger partial charge < -0.3 is 10.3 Å². The summed E-state index contributed by atoms with van der Waals surface area (Å²) in [6, 6.07) is 0.199. The van der Waals surface area contributed by atoms with E-state index < -0.39 is 0 Å². The minimum atomic E-state index is 0.199. The van der Waals surface area contributed by atoms with Gasteiger partial charge >= 0.3 is 0 Å². The van der Waals surface area contributed by atoms with Crippen molar-refractivity contribution >= 4 is 0 Å². The lowest BCUT2D eigenvalue weighted by Crippen LogP contribution is -2.15. The molecule has 0 bridgehead atoms. The van der Waals surface area contributed by atoms with E-state index >= 15 is 0 Å². The Labute approximate surface area is 83.9 Å².